The van der Waals surface area contributed by atoms with Gasteiger partial charge in [-0.3, -0.25) is 0 Å². The second kappa shape index (κ2) is 6.66. The molecule has 16 heavy (non-hydrogen) atoms. The molecule has 0 saturated heterocycles. The number of aromatic nitrogens is 1. The van der Waals surface area contributed by atoms with Crippen molar-refractivity contribution >= 4 is 0 Å². The van der Waals surface area contributed by atoms with Gasteiger partial charge in [0.25, 0.3) is 0 Å². The summed E-state index contributed by atoms with van der Waals surface area (Å²) in [4.78, 5) is 0. The Labute approximate surface area is 97.8 Å². The predicted molar refractivity (Wildman–Crippen MR) is 65.4 cm³/mol. The lowest BCUT2D eigenvalue weighted by atomic mass is 10.1. The van der Waals surface area contributed by atoms with E-state index in [1.54, 1.807) is 0 Å². The molecule has 1 aromatic heterocycles. The van der Waals surface area contributed by atoms with Crippen LogP contribution in [0.3, 0.4) is 0 Å². The van der Waals surface area contributed by atoms with E-state index in [4.69, 9.17) is 4.52 Å². The Balaban J connectivity index is 2.17. The van der Waals surface area contributed by atoms with E-state index in [0.29, 0.717) is 12.0 Å². The van der Waals surface area contributed by atoms with Crippen molar-refractivity contribution in [1.29, 1.82) is 0 Å². The molecule has 1 heterocycles. The first-order valence-electron chi connectivity index (χ1n) is 5.99. The molecule has 0 aliphatic carbocycles. The van der Waals surface area contributed by atoms with E-state index in [2.05, 4.69) is 43.5 Å². The van der Waals surface area contributed by atoms with Gasteiger partial charge in [0.1, 0.15) is 5.76 Å². The summed E-state index contributed by atoms with van der Waals surface area (Å²) >= 11 is 0. The van der Waals surface area contributed by atoms with Gasteiger partial charge in [0.2, 0.25) is 0 Å². The van der Waals surface area contributed by atoms with Gasteiger partial charge >= 0.3 is 0 Å². The molecule has 0 fully saturated rings. The van der Waals surface area contributed by atoms with Gasteiger partial charge in [-0.1, -0.05) is 32.9 Å². The van der Waals surface area contributed by atoms with Gasteiger partial charge < -0.3 is 15.2 Å². The fourth-order valence-electron chi connectivity index (χ4n) is 1.35. The third-order valence-corrected chi connectivity index (χ3v) is 2.31. The lowest BCUT2D eigenvalue weighted by molar-refractivity contribution is 0.364. The third kappa shape index (κ3) is 4.77. The van der Waals surface area contributed by atoms with Crippen LogP contribution in [0, 0.1) is 0 Å². The largest absolute Gasteiger partial charge is 0.361 e. The van der Waals surface area contributed by atoms with Crippen LogP contribution in [0.5, 0.6) is 0 Å². The van der Waals surface area contributed by atoms with Crippen LogP contribution in [0.15, 0.2) is 10.6 Å². The fraction of sp³-hybridized carbons (Fsp3) is 0.750. The third-order valence-electron chi connectivity index (χ3n) is 2.31. The summed E-state index contributed by atoms with van der Waals surface area (Å²) in [6, 6.07) is 2.56. The van der Waals surface area contributed by atoms with Crippen molar-refractivity contribution in [3.05, 3.63) is 17.5 Å². The molecule has 0 atom stereocenters. The second-order valence-electron chi connectivity index (χ2n) is 4.66. The minimum atomic E-state index is 0.406. The highest BCUT2D eigenvalue weighted by molar-refractivity contribution is 5.08. The standard InChI is InChI=1S/C12H23N3O/c1-9(2)12-7-11(15-16-12)8-13-5-6-14-10(3)4/h7,9-10,13-14H,5-6,8H2,1-4H3. The summed E-state index contributed by atoms with van der Waals surface area (Å²) < 4.78 is 5.22. The molecule has 0 saturated carbocycles. The number of nitrogens with zero attached hydrogens (tertiary/aromatic N) is 1. The molecule has 0 spiro atoms. The maximum absolute atomic E-state index is 5.22. The Bertz CT molecular complexity index is 294. The molecule has 92 valence electrons. The molecule has 0 radical (unpaired) electrons. The van der Waals surface area contributed by atoms with Crippen LogP contribution in [0.25, 0.3) is 0 Å². The molecule has 1 aromatic rings. The number of hydrogen-bond donors (Lipinski definition) is 2. The van der Waals surface area contributed by atoms with Crippen molar-refractivity contribution in [2.45, 2.75) is 46.2 Å². The summed E-state index contributed by atoms with van der Waals surface area (Å²) in [6.45, 7) is 11.2. The van der Waals surface area contributed by atoms with Crippen molar-refractivity contribution in [1.82, 2.24) is 15.8 Å². The zero-order chi connectivity index (χ0) is 12.0. The highest BCUT2D eigenvalue weighted by Crippen LogP contribution is 2.14. The highest BCUT2D eigenvalue weighted by Gasteiger charge is 2.06. The first-order valence-corrected chi connectivity index (χ1v) is 5.99. The molecular weight excluding hydrogens is 202 g/mol. The number of rotatable bonds is 7. The van der Waals surface area contributed by atoms with E-state index in [-0.39, 0.29) is 0 Å². The van der Waals surface area contributed by atoms with E-state index in [1.165, 1.54) is 0 Å². The molecule has 4 heteroatoms. The van der Waals surface area contributed by atoms with Crippen LogP contribution in [0.1, 0.15) is 45.1 Å². The SMILES string of the molecule is CC(C)NCCNCc1cc(C(C)C)on1. The zero-order valence-corrected chi connectivity index (χ0v) is 10.7. The van der Waals surface area contributed by atoms with E-state index in [0.717, 1.165) is 31.1 Å². The van der Waals surface area contributed by atoms with E-state index >= 15 is 0 Å². The molecule has 0 aliphatic heterocycles. The van der Waals surface area contributed by atoms with E-state index in [9.17, 15) is 0 Å². The van der Waals surface area contributed by atoms with Crippen LogP contribution >= 0.6 is 0 Å². The fourth-order valence-corrected chi connectivity index (χ4v) is 1.35. The van der Waals surface area contributed by atoms with Crippen molar-refractivity contribution in [3.63, 3.8) is 0 Å². The van der Waals surface area contributed by atoms with Crippen LogP contribution in [-0.4, -0.2) is 24.3 Å². The Morgan fingerprint density at radius 1 is 1.25 bits per heavy atom. The normalized spacial score (nSPS) is 11.6. The lowest BCUT2D eigenvalue weighted by Crippen LogP contribution is -2.31. The molecule has 0 amide bonds. The Kier molecular flexibility index (Phi) is 5.49. The van der Waals surface area contributed by atoms with Crippen LogP contribution in [-0.2, 0) is 6.54 Å². The van der Waals surface area contributed by atoms with E-state index < -0.39 is 0 Å². The van der Waals surface area contributed by atoms with Crippen LogP contribution < -0.4 is 10.6 Å². The molecular formula is C12H23N3O. The Morgan fingerprint density at radius 3 is 2.56 bits per heavy atom. The van der Waals surface area contributed by atoms with Crippen molar-refractivity contribution in [3.8, 4) is 0 Å². The molecule has 2 N–H and O–H groups in total. The Morgan fingerprint density at radius 2 is 2.00 bits per heavy atom. The first kappa shape index (κ1) is 13.2. The van der Waals surface area contributed by atoms with Gasteiger partial charge in [0.15, 0.2) is 0 Å². The van der Waals surface area contributed by atoms with Crippen LogP contribution in [0.4, 0.5) is 0 Å². The predicted octanol–water partition coefficient (Wildman–Crippen LogP) is 1.89. The average Bonchev–Trinajstić information content (AvgIpc) is 2.65. The van der Waals surface area contributed by atoms with Crippen molar-refractivity contribution in [2.75, 3.05) is 13.1 Å². The van der Waals surface area contributed by atoms with Crippen molar-refractivity contribution < 1.29 is 4.52 Å². The summed E-state index contributed by atoms with van der Waals surface area (Å²) in [5, 5.41) is 10.7. The quantitative estimate of drug-likeness (QED) is 0.696. The molecule has 4 nitrogen and oxygen atoms in total. The van der Waals surface area contributed by atoms with Gasteiger partial charge in [-0.25, -0.2) is 0 Å². The molecule has 0 aromatic carbocycles. The minimum Gasteiger partial charge on any atom is -0.361 e. The highest BCUT2D eigenvalue weighted by atomic mass is 16.5. The monoisotopic (exact) mass is 225 g/mol. The maximum Gasteiger partial charge on any atom is 0.139 e. The molecule has 0 bridgehead atoms. The minimum absolute atomic E-state index is 0.406. The van der Waals surface area contributed by atoms with Gasteiger partial charge in [-0.2, -0.15) is 0 Å². The van der Waals surface area contributed by atoms with Crippen LogP contribution in [0.2, 0.25) is 0 Å². The maximum atomic E-state index is 5.22. The van der Waals surface area contributed by atoms with Crippen molar-refractivity contribution in [2.24, 2.45) is 0 Å². The van der Waals surface area contributed by atoms with Gasteiger partial charge in [0.05, 0.1) is 5.69 Å². The van der Waals surface area contributed by atoms with Gasteiger partial charge in [-0.15, -0.1) is 0 Å². The lowest BCUT2D eigenvalue weighted by Gasteiger charge is -2.07. The summed E-state index contributed by atoms with van der Waals surface area (Å²) in [5.74, 6) is 1.36. The van der Waals surface area contributed by atoms with E-state index in [1.807, 2.05) is 6.07 Å². The Hall–Kier alpha value is -0.870. The summed E-state index contributed by atoms with van der Waals surface area (Å²) in [7, 11) is 0. The average molecular weight is 225 g/mol. The summed E-state index contributed by atoms with van der Waals surface area (Å²) in [6.07, 6.45) is 0. The zero-order valence-electron chi connectivity index (χ0n) is 10.7. The molecule has 0 aliphatic rings. The van der Waals surface area contributed by atoms with Gasteiger partial charge in [0, 0.05) is 37.7 Å². The summed E-state index contributed by atoms with van der Waals surface area (Å²) in [5.41, 5.74) is 0.980. The topological polar surface area (TPSA) is 50.1 Å². The molecule has 0 unspecified atom stereocenters. The second-order valence-corrected chi connectivity index (χ2v) is 4.66. The smallest absolute Gasteiger partial charge is 0.139 e. The van der Waals surface area contributed by atoms with Gasteiger partial charge in [-0.05, 0) is 0 Å². The number of nitrogens with one attached hydrogen (secondary N) is 2. The first-order chi connectivity index (χ1) is 7.59. The number of hydrogen-bond acceptors (Lipinski definition) is 4. The molecule has 1 rings (SSSR count).